The number of anilines is 3. The van der Waals surface area contributed by atoms with Crippen LogP contribution in [0.5, 0.6) is 0 Å². The van der Waals surface area contributed by atoms with Crippen molar-refractivity contribution in [2.24, 2.45) is 0 Å². The van der Waals surface area contributed by atoms with Crippen LogP contribution >= 0.6 is 0 Å². The molecule has 1 aromatic heterocycles. The first-order valence-electron chi connectivity index (χ1n) is 5.57. The number of aryl methyl sites for hydroxylation is 1. The van der Waals surface area contributed by atoms with Crippen molar-refractivity contribution < 1.29 is 0 Å². The average molecular weight is 249 g/mol. The van der Waals surface area contributed by atoms with Crippen LogP contribution in [0.4, 0.5) is 17.2 Å². The van der Waals surface area contributed by atoms with Gasteiger partial charge in [0.05, 0.1) is 23.0 Å². The highest BCUT2D eigenvalue weighted by Gasteiger charge is 2.05. The van der Waals surface area contributed by atoms with Gasteiger partial charge in [0, 0.05) is 5.69 Å². The lowest BCUT2D eigenvalue weighted by atomic mass is 10.1. The molecule has 0 saturated carbocycles. The molecule has 0 atom stereocenters. The zero-order valence-electron chi connectivity index (χ0n) is 10.3. The largest absolute Gasteiger partial charge is 0.397 e. The van der Waals surface area contributed by atoms with Gasteiger partial charge in [-0.05, 0) is 36.8 Å². The van der Waals surface area contributed by atoms with Gasteiger partial charge < -0.3 is 11.1 Å². The van der Waals surface area contributed by atoms with Gasteiger partial charge in [0.2, 0.25) is 0 Å². The second-order valence-corrected chi connectivity index (χ2v) is 4.04. The van der Waals surface area contributed by atoms with Crippen LogP contribution in [0.25, 0.3) is 0 Å². The first-order valence-corrected chi connectivity index (χ1v) is 5.57. The van der Waals surface area contributed by atoms with E-state index in [1.807, 2.05) is 25.1 Å². The summed E-state index contributed by atoms with van der Waals surface area (Å²) in [6.45, 7) is 1.89. The Balaban J connectivity index is 2.34. The molecule has 0 bridgehead atoms. The van der Waals surface area contributed by atoms with E-state index >= 15 is 0 Å². The first-order chi connectivity index (χ1) is 9.13. The lowest BCUT2D eigenvalue weighted by Crippen LogP contribution is -1.99. The molecular weight excluding hydrogens is 238 g/mol. The zero-order valence-corrected chi connectivity index (χ0v) is 10.3. The number of pyridine rings is 1. The van der Waals surface area contributed by atoms with E-state index in [0.29, 0.717) is 28.3 Å². The molecule has 0 radical (unpaired) electrons. The molecule has 0 spiro atoms. The van der Waals surface area contributed by atoms with Gasteiger partial charge in [-0.2, -0.15) is 10.5 Å². The summed E-state index contributed by atoms with van der Waals surface area (Å²) in [5.41, 5.74) is 8.53. The smallest absolute Gasteiger partial charge is 0.133 e. The highest BCUT2D eigenvalue weighted by atomic mass is 15.0. The molecule has 2 aromatic rings. The van der Waals surface area contributed by atoms with Crippen molar-refractivity contribution in [2.75, 3.05) is 11.1 Å². The number of nitrogens with zero attached hydrogens (tertiary/aromatic N) is 3. The number of nitrogens with two attached hydrogens (primary N) is 1. The van der Waals surface area contributed by atoms with E-state index in [2.05, 4.69) is 10.3 Å². The topological polar surface area (TPSA) is 98.5 Å². The summed E-state index contributed by atoms with van der Waals surface area (Å²) in [6.07, 6.45) is 1.56. The lowest BCUT2D eigenvalue weighted by molar-refractivity contribution is 1.26. The minimum atomic E-state index is 0.334. The highest BCUT2D eigenvalue weighted by Crippen LogP contribution is 2.21. The molecule has 0 aliphatic heterocycles. The Morgan fingerprint density at radius 3 is 2.53 bits per heavy atom. The maximum absolute atomic E-state index is 8.97. The Kier molecular flexibility index (Phi) is 3.31. The summed E-state index contributed by atoms with van der Waals surface area (Å²) in [4.78, 5) is 4.19. The number of rotatable bonds is 2. The summed E-state index contributed by atoms with van der Waals surface area (Å²) >= 11 is 0. The van der Waals surface area contributed by atoms with Crippen LogP contribution in [-0.4, -0.2) is 4.98 Å². The third-order valence-electron chi connectivity index (χ3n) is 2.62. The molecule has 3 N–H and O–H groups in total. The Bertz CT molecular complexity index is 707. The van der Waals surface area contributed by atoms with Crippen LogP contribution in [-0.2, 0) is 0 Å². The molecule has 0 amide bonds. The fraction of sp³-hybridized carbons (Fsp3) is 0.0714. The molecular formula is C14H11N5. The Morgan fingerprint density at radius 2 is 1.89 bits per heavy atom. The maximum atomic E-state index is 8.97. The monoisotopic (exact) mass is 249 g/mol. The van der Waals surface area contributed by atoms with Gasteiger partial charge >= 0.3 is 0 Å². The molecule has 1 aromatic carbocycles. The third kappa shape index (κ3) is 2.62. The minimum absolute atomic E-state index is 0.334. The standard InChI is InChI=1S/C14H11N5/c1-9-4-12(17)8-18-14(9)19-13-3-2-10(6-15)11(5-13)7-16/h2-5,8H,17H2,1H3,(H,18,19). The van der Waals surface area contributed by atoms with Gasteiger partial charge in [-0.3, -0.25) is 0 Å². The number of nitrogens with one attached hydrogen (secondary N) is 1. The van der Waals surface area contributed by atoms with Gasteiger partial charge in [0.15, 0.2) is 0 Å². The van der Waals surface area contributed by atoms with Crippen LogP contribution in [0.3, 0.4) is 0 Å². The SMILES string of the molecule is Cc1cc(N)cnc1Nc1ccc(C#N)c(C#N)c1. The molecule has 0 aliphatic carbocycles. The summed E-state index contributed by atoms with van der Waals surface area (Å²) in [6, 6.07) is 10.7. The van der Waals surface area contributed by atoms with Crippen molar-refractivity contribution >= 4 is 17.2 Å². The van der Waals surface area contributed by atoms with Crippen molar-refractivity contribution in [2.45, 2.75) is 6.92 Å². The third-order valence-corrected chi connectivity index (χ3v) is 2.62. The van der Waals surface area contributed by atoms with E-state index in [4.69, 9.17) is 16.3 Å². The van der Waals surface area contributed by atoms with E-state index in [1.54, 1.807) is 24.4 Å². The molecule has 5 nitrogen and oxygen atoms in total. The number of hydrogen-bond acceptors (Lipinski definition) is 5. The lowest BCUT2D eigenvalue weighted by Gasteiger charge is -2.09. The van der Waals surface area contributed by atoms with Gasteiger partial charge in [-0.25, -0.2) is 4.98 Å². The Hall–Kier alpha value is -3.05. The summed E-state index contributed by atoms with van der Waals surface area (Å²) in [5.74, 6) is 0.669. The summed E-state index contributed by atoms with van der Waals surface area (Å²) in [5, 5.41) is 20.9. The number of benzene rings is 1. The Labute approximate surface area is 110 Å². The molecule has 0 saturated heterocycles. The van der Waals surface area contributed by atoms with Crippen molar-refractivity contribution in [3.05, 3.63) is 47.2 Å². The second kappa shape index (κ2) is 5.07. The highest BCUT2D eigenvalue weighted by molar-refractivity contribution is 5.64. The van der Waals surface area contributed by atoms with Crippen LogP contribution in [0.15, 0.2) is 30.5 Å². The summed E-state index contributed by atoms with van der Waals surface area (Å²) < 4.78 is 0. The molecule has 0 fully saturated rings. The molecule has 2 rings (SSSR count). The fourth-order valence-electron chi connectivity index (χ4n) is 1.68. The van der Waals surface area contributed by atoms with Crippen LogP contribution < -0.4 is 11.1 Å². The fourth-order valence-corrected chi connectivity index (χ4v) is 1.68. The van der Waals surface area contributed by atoms with Crippen molar-refractivity contribution in [1.29, 1.82) is 10.5 Å². The molecule has 19 heavy (non-hydrogen) atoms. The molecule has 0 aliphatic rings. The quantitative estimate of drug-likeness (QED) is 0.851. The van der Waals surface area contributed by atoms with E-state index in [0.717, 1.165) is 5.56 Å². The van der Waals surface area contributed by atoms with Crippen molar-refractivity contribution in [1.82, 2.24) is 4.98 Å². The predicted octanol–water partition coefficient (Wildman–Crippen LogP) is 2.46. The predicted molar refractivity (Wildman–Crippen MR) is 72.5 cm³/mol. The van der Waals surface area contributed by atoms with Gasteiger partial charge in [0.25, 0.3) is 0 Å². The second-order valence-electron chi connectivity index (χ2n) is 4.04. The van der Waals surface area contributed by atoms with Crippen LogP contribution in [0.2, 0.25) is 0 Å². The molecule has 92 valence electrons. The number of aromatic nitrogens is 1. The molecule has 1 heterocycles. The Morgan fingerprint density at radius 1 is 1.16 bits per heavy atom. The van der Waals surface area contributed by atoms with Crippen molar-refractivity contribution in [3.8, 4) is 12.1 Å². The number of nitriles is 2. The summed E-state index contributed by atoms with van der Waals surface area (Å²) in [7, 11) is 0. The van der Waals surface area contributed by atoms with Gasteiger partial charge in [-0.15, -0.1) is 0 Å². The molecule has 0 unspecified atom stereocenters. The van der Waals surface area contributed by atoms with Crippen molar-refractivity contribution in [3.63, 3.8) is 0 Å². The zero-order chi connectivity index (χ0) is 13.8. The minimum Gasteiger partial charge on any atom is -0.397 e. The van der Waals surface area contributed by atoms with E-state index in [-0.39, 0.29) is 0 Å². The molecule has 5 heteroatoms. The van der Waals surface area contributed by atoms with Crippen LogP contribution in [0, 0.1) is 29.6 Å². The van der Waals surface area contributed by atoms with E-state index in [9.17, 15) is 0 Å². The van der Waals surface area contributed by atoms with Crippen LogP contribution in [0.1, 0.15) is 16.7 Å². The van der Waals surface area contributed by atoms with E-state index < -0.39 is 0 Å². The normalized spacial score (nSPS) is 9.42. The first kappa shape index (κ1) is 12.4. The average Bonchev–Trinajstić information content (AvgIpc) is 2.41. The maximum Gasteiger partial charge on any atom is 0.133 e. The number of hydrogen-bond donors (Lipinski definition) is 2. The number of nitrogen functional groups attached to an aromatic ring is 1. The van der Waals surface area contributed by atoms with Gasteiger partial charge in [-0.1, -0.05) is 0 Å². The van der Waals surface area contributed by atoms with Gasteiger partial charge in [0.1, 0.15) is 18.0 Å². The van der Waals surface area contributed by atoms with E-state index in [1.165, 1.54) is 0 Å².